The van der Waals surface area contributed by atoms with Gasteiger partial charge in [0, 0.05) is 54.1 Å². The van der Waals surface area contributed by atoms with Gasteiger partial charge in [-0.05, 0) is 55.3 Å². The molecular formula is C27H26ClF2N3O2. The molecule has 0 saturated carbocycles. The molecule has 8 heteroatoms. The smallest absolute Gasteiger partial charge is 0.142 e. The van der Waals surface area contributed by atoms with Crippen LogP contribution < -0.4 is 4.74 Å². The van der Waals surface area contributed by atoms with Crippen LogP contribution in [0.3, 0.4) is 0 Å². The fraction of sp³-hybridized carbons (Fsp3) is 0.296. The molecule has 2 aromatic heterocycles. The highest BCUT2D eigenvalue weighted by Crippen LogP contribution is 2.30. The number of pyridine rings is 1. The molecule has 1 N–H and O–H groups in total. The van der Waals surface area contributed by atoms with Gasteiger partial charge in [-0.25, -0.2) is 8.78 Å². The van der Waals surface area contributed by atoms with Gasteiger partial charge in [-0.1, -0.05) is 17.7 Å². The van der Waals surface area contributed by atoms with E-state index in [1.165, 1.54) is 11.8 Å². The number of benzene rings is 2. The van der Waals surface area contributed by atoms with E-state index in [2.05, 4.69) is 41.0 Å². The Morgan fingerprint density at radius 2 is 1.83 bits per heavy atom. The molecule has 0 bridgehead atoms. The molecule has 182 valence electrons. The number of hydrogen-bond donors (Lipinski definition) is 1. The lowest BCUT2D eigenvalue weighted by Gasteiger charge is -2.35. The molecule has 0 spiro atoms. The van der Waals surface area contributed by atoms with Crippen molar-refractivity contribution in [1.82, 2.24) is 14.9 Å². The molecule has 5 nitrogen and oxygen atoms in total. The van der Waals surface area contributed by atoms with Crippen molar-refractivity contribution in [2.45, 2.75) is 39.2 Å². The van der Waals surface area contributed by atoms with Gasteiger partial charge in [-0.3, -0.25) is 9.88 Å². The van der Waals surface area contributed by atoms with E-state index >= 15 is 0 Å². The Labute approximate surface area is 207 Å². The molecule has 4 aromatic rings. The number of fused-ring (bicyclic) bond motifs is 1. The largest absolute Gasteiger partial charge is 0.487 e. The number of nitrogens with zero attached hydrogens (tertiary/aromatic N) is 2. The first kappa shape index (κ1) is 23.7. The zero-order valence-corrected chi connectivity index (χ0v) is 20.3. The van der Waals surface area contributed by atoms with E-state index in [0.29, 0.717) is 5.75 Å². The van der Waals surface area contributed by atoms with E-state index in [0.717, 1.165) is 53.8 Å². The SMILES string of the molecule is CC1CN(Cc2c[nH]c3ccc(-c4cncc(OCc5c(F)ccc(F)c5Cl)c4)cc23)CC(C)O1. The molecule has 0 radical (unpaired) electrons. The second kappa shape index (κ2) is 9.93. The molecule has 0 amide bonds. The summed E-state index contributed by atoms with van der Waals surface area (Å²) in [5.41, 5.74) is 4.10. The van der Waals surface area contributed by atoms with E-state index in [1.807, 2.05) is 18.2 Å². The molecule has 1 aliphatic rings. The van der Waals surface area contributed by atoms with E-state index in [-0.39, 0.29) is 29.4 Å². The fourth-order valence-electron chi connectivity index (χ4n) is 4.66. The second-order valence-corrected chi connectivity index (χ2v) is 9.42. The van der Waals surface area contributed by atoms with Crippen LogP contribution in [0.15, 0.2) is 55.0 Å². The number of halogens is 3. The van der Waals surface area contributed by atoms with Gasteiger partial charge in [-0.2, -0.15) is 0 Å². The van der Waals surface area contributed by atoms with Crippen molar-refractivity contribution < 1.29 is 18.3 Å². The minimum absolute atomic E-state index is 0.0257. The Morgan fingerprint density at radius 3 is 2.63 bits per heavy atom. The zero-order chi connectivity index (χ0) is 24.5. The molecule has 0 aliphatic carbocycles. The monoisotopic (exact) mass is 497 g/mol. The summed E-state index contributed by atoms with van der Waals surface area (Å²) in [6, 6.07) is 10.1. The van der Waals surface area contributed by atoms with Crippen LogP contribution in [0.5, 0.6) is 5.75 Å². The summed E-state index contributed by atoms with van der Waals surface area (Å²) in [5.74, 6) is -0.863. The maximum atomic E-state index is 14.1. The van der Waals surface area contributed by atoms with Crippen LogP contribution in [0.4, 0.5) is 8.78 Å². The van der Waals surface area contributed by atoms with Crippen LogP contribution in [0.2, 0.25) is 5.02 Å². The van der Waals surface area contributed by atoms with Gasteiger partial charge < -0.3 is 14.5 Å². The third kappa shape index (κ3) is 5.17. The number of morpholine rings is 1. The molecule has 2 atom stereocenters. The number of nitrogens with one attached hydrogen (secondary N) is 1. The summed E-state index contributed by atoms with van der Waals surface area (Å²) in [6.45, 7) is 6.64. The third-order valence-electron chi connectivity index (χ3n) is 6.23. The van der Waals surface area contributed by atoms with E-state index in [4.69, 9.17) is 21.1 Å². The summed E-state index contributed by atoms with van der Waals surface area (Å²) in [7, 11) is 0. The van der Waals surface area contributed by atoms with Gasteiger partial charge in [-0.15, -0.1) is 0 Å². The van der Waals surface area contributed by atoms with Crippen LogP contribution in [-0.4, -0.2) is 40.2 Å². The number of H-pyrrole nitrogens is 1. The summed E-state index contributed by atoms with van der Waals surface area (Å²) in [6.07, 6.45) is 5.78. The van der Waals surface area contributed by atoms with Gasteiger partial charge in [0.15, 0.2) is 0 Å². The topological polar surface area (TPSA) is 50.4 Å². The van der Waals surface area contributed by atoms with Gasteiger partial charge in [0.2, 0.25) is 0 Å². The molecule has 1 fully saturated rings. The first-order valence-electron chi connectivity index (χ1n) is 11.6. The highest BCUT2D eigenvalue weighted by molar-refractivity contribution is 6.31. The first-order valence-corrected chi connectivity index (χ1v) is 11.9. The van der Waals surface area contributed by atoms with Gasteiger partial charge in [0.1, 0.15) is 24.0 Å². The average Bonchev–Trinajstić information content (AvgIpc) is 3.23. The highest BCUT2D eigenvalue weighted by Gasteiger charge is 2.23. The molecule has 35 heavy (non-hydrogen) atoms. The lowest BCUT2D eigenvalue weighted by molar-refractivity contribution is -0.0703. The molecule has 3 heterocycles. The van der Waals surface area contributed by atoms with Gasteiger partial charge in [0.05, 0.1) is 23.4 Å². The zero-order valence-electron chi connectivity index (χ0n) is 19.5. The number of rotatable bonds is 6. The van der Waals surface area contributed by atoms with E-state index in [1.54, 1.807) is 6.20 Å². The Hall–Kier alpha value is -3.00. The average molecular weight is 498 g/mol. The highest BCUT2D eigenvalue weighted by atomic mass is 35.5. The van der Waals surface area contributed by atoms with E-state index in [9.17, 15) is 8.78 Å². The van der Waals surface area contributed by atoms with Crippen molar-refractivity contribution in [2.24, 2.45) is 0 Å². The minimum atomic E-state index is -0.685. The third-order valence-corrected chi connectivity index (χ3v) is 6.63. The maximum Gasteiger partial charge on any atom is 0.142 e. The molecular weight excluding hydrogens is 472 g/mol. The van der Waals surface area contributed by atoms with E-state index < -0.39 is 11.6 Å². The Bertz CT molecular complexity index is 1350. The van der Waals surface area contributed by atoms with Crippen LogP contribution in [-0.2, 0) is 17.9 Å². The fourth-order valence-corrected chi connectivity index (χ4v) is 4.86. The predicted octanol–water partition coefficient (Wildman–Crippen LogP) is 6.35. The molecule has 2 aromatic carbocycles. The Balaban J connectivity index is 1.36. The summed E-state index contributed by atoms with van der Waals surface area (Å²) < 4.78 is 39.4. The molecule has 1 saturated heterocycles. The van der Waals surface area contributed by atoms with Crippen molar-refractivity contribution >= 4 is 22.5 Å². The Morgan fingerprint density at radius 1 is 1.06 bits per heavy atom. The van der Waals surface area contributed by atoms with Crippen molar-refractivity contribution in [3.8, 4) is 16.9 Å². The number of aromatic amines is 1. The molecule has 2 unspecified atom stereocenters. The van der Waals surface area contributed by atoms with Crippen molar-refractivity contribution in [1.29, 1.82) is 0 Å². The minimum Gasteiger partial charge on any atom is -0.487 e. The first-order chi connectivity index (χ1) is 16.9. The number of aromatic nitrogens is 2. The molecule has 5 rings (SSSR count). The van der Waals surface area contributed by atoms with Crippen LogP contribution in [0, 0.1) is 11.6 Å². The number of ether oxygens (including phenoxy) is 2. The lowest BCUT2D eigenvalue weighted by atomic mass is 10.0. The second-order valence-electron chi connectivity index (χ2n) is 9.05. The lowest BCUT2D eigenvalue weighted by Crippen LogP contribution is -2.44. The predicted molar refractivity (Wildman–Crippen MR) is 133 cm³/mol. The van der Waals surface area contributed by atoms with Gasteiger partial charge >= 0.3 is 0 Å². The normalized spacial score (nSPS) is 18.8. The summed E-state index contributed by atoms with van der Waals surface area (Å²) >= 11 is 5.91. The van der Waals surface area contributed by atoms with Crippen LogP contribution >= 0.6 is 11.6 Å². The Kier molecular flexibility index (Phi) is 6.73. The summed E-state index contributed by atoms with van der Waals surface area (Å²) in [5, 5.41) is 0.873. The maximum absolute atomic E-state index is 14.1. The van der Waals surface area contributed by atoms with Crippen molar-refractivity contribution in [3.05, 3.63) is 82.8 Å². The summed E-state index contributed by atoms with van der Waals surface area (Å²) in [4.78, 5) is 10.1. The number of hydrogen-bond acceptors (Lipinski definition) is 4. The van der Waals surface area contributed by atoms with Crippen LogP contribution in [0.1, 0.15) is 25.0 Å². The van der Waals surface area contributed by atoms with Gasteiger partial charge in [0.25, 0.3) is 0 Å². The molecule has 1 aliphatic heterocycles. The van der Waals surface area contributed by atoms with Crippen molar-refractivity contribution in [2.75, 3.05) is 13.1 Å². The standard InChI is InChI=1S/C27H26ClF2N3O2/c1-16-12-33(13-17(2)35-16)14-20-10-32-26-6-3-18(8-22(20)26)19-7-21(11-31-9-19)34-15-23-24(29)4-5-25(30)27(23)28/h3-11,16-17,32H,12-15H2,1-2H3. The van der Waals surface area contributed by atoms with Crippen LogP contribution in [0.25, 0.3) is 22.0 Å². The van der Waals surface area contributed by atoms with Crippen molar-refractivity contribution in [3.63, 3.8) is 0 Å². The quantitative estimate of drug-likeness (QED) is 0.315.